The standard InChI is InChI=1S/C26H34N4O3/c1-17(2)30(18(3)4)25(32)16-29-23-10-8-7-9-22(23)28-26(29)19(5)27-24(31)15-20-11-13-21(33-6)14-12-20/h7-14,17-19H,15-16H2,1-6H3,(H,27,31). The summed E-state index contributed by atoms with van der Waals surface area (Å²) >= 11 is 0. The van der Waals surface area contributed by atoms with Crippen LogP contribution < -0.4 is 10.1 Å². The Kier molecular flexibility index (Phi) is 7.74. The second-order valence-electron chi connectivity index (χ2n) is 8.85. The van der Waals surface area contributed by atoms with Crippen molar-refractivity contribution in [3.63, 3.8) is 0 Å². The monoisotopic (exact) mass is 450 g/mol. The zero-order valence-electron chi connectivity index (χ0n) is 20.3. The van der Waals surface area contributed by atoms with Crippen molar-refractivity contribution in [1.29, 1.82) is 0 Å². The third kappa shape index (κ3) is 5.72. The number of carbonyl (C=O) groups excluding carboxylic acids is 2. The fourth-order valence-corrected chi connectivity index (χ4v) is 4.27. The molecule has 3 aromatic rings. The summed E-state index contributed by atoms with van der Waals surface area (Å²) in [5.74, 6) is 1.34. The maximum Gasteiger partial charge on any atom is 0.243 e. The molecule has 1 N–H and O–H groups in total. The third-order valence-electron chi connectivity index (χ3n) is 5.67. The predicted octanol–water partition coefficient (Wildman–Crippen LogP) is 4.11. The molecule has 0 saturated heterocycles. The second kappa shape index (κ2) is 10.5. The highest BCUT2D eigenvalue weighted by Gasteiger charge is 2.24. The quantitative estimate of drug-likeness (QED) is 0.532. The fraction of sp³-hybridized carbons (Fsp3) is 0.423. The number of fused-ring (bicyclic) bond motifs is 1. The van der Waals surface area contributed by atoms with Crippen LogP contribution in [0.1, 0.15) is 52.0 Å². The Bertz CT molecular complexity index is 1090. The van der Waals surface area contributed by atoms with Gasteiger partial charge < -0.3 is 19.5 Å². The van der Waals surface area contributed by atoms with Gasteiger partial charge in [0, 0.05) is 12.1 Å². The molecule has 1 aromatic heterocycles. The van der Waals surface area contributed by atoms with E-state index in [4.69, 9.17) is 9.72 Å². The van der Waals surface area contributed by atoms with E-state index in [0.29, 0.717) is 5.82 Å². The molecule has 2 amide bonds. The summed E-state index contributed by atoms with van der Waals surface area (Å²) in [6, 6.07) is 15.0. The van der Waals surface area contributed by atoms with Gasteiger partial charge in [-0.15, -0.1) is 0 Å². The third-order valence-corrected chi connectivity index (χ3v) is 5.67. The summed E-state index contributed by atoms with van der Waals surface area (Å²) < 4.78 is 7.10. The summed E-state index contributed by atoms with van der Waals surface area (Å²) in [4.78, 5) is 32.6. The van der Waals surface area contributed by atoms with Crippen molar-refractivity contribution in [2.75, 3.05) is 7.11 Å². The van der Waals surface area contributed by atoms with E-state index in [9.17, 15) is 9.59 Å². The lowest BCUT2D eigenvalue weighted by Crippen LogP contribution is -2.44. The lowest BCUT2D eigenvalue weighted by Gasteiger charge is -2.31. The first kappa shape index (κ1) is 24.3. The van der Waals surface area contributed by atoms with Gasteiger partial charge in [-0.3, -0.25) is 9.59 Å². The minimum absolute atomic E-state index is 0.0289. The number of para-hydroxylation sites is 2. The van der Waals surface area contributed by atoms with Crippen LogP contribution in [0.3, 0.4) is 0 Å². The molecule has 7 nitrogen and oxygen atoms in total. The van der Waals surface area contributed by atoms with E-state index in [-0.39, 0.29) is 42.9 Å². The number of nitrogens with zero attached hydrogens (tertiary/aromatic N) is 3. The number of carbonyl (C=O) groups is 2. The van der Waals surface area contributed by atoms with Crippen molar-refractivity contribution in [2.45, 2.75) is 65.7 Å². The molecule has 7 heteroatoms. The largest absolute Gasteiger partial charge is 0.497 e. The smallest absolute Gasteiger partial charge is 0.243 e. The number of benzene rings is 2. The average Bonchev–Trinajstić information content (AvgIpc) is 3.12. The van der Waals surface area contributed by atoms with Crippen molar-refractivity contribution in [1.82, 2.24) is 19.8 Å². The normalized spacial score (nSPS) is 12.2. The van der Waals surface area contributed by atoms with E-state index in [1.807, 2.05) is 92.6 Å². The van der Waals surface area contributed by atoms with Crippen LogP contribution >= 0.6 is 0 Å². The number of hydrogen-bond donors (Lipinski definition) is 1. The number of hydrogen-bond acceptors (Lipinski definition) is 4. The van der Waals surface area contributed by atoms with Crippen LogP contribution in [0.25, 0.3) is 11.0 Å². The van der Waals surface area contributed by atoms with Gasteiger partial charge in [-0.2, -0.15) is 0 Å². The number of aromatic nitrogens is 2. The van der Waals surface area contributed by atoms with Gasteiger partial charge in [-0.1, -0.05) is 24.3 Å². The van der Waals surface area contributed by atoms with Crippen LogP contribution in [0.5, 0.6) is 5.75 Å². The topological polar surface area (TPSA) is 76.5 Å². The van der Waals surface area contributed by atoms with Gasteiger partial charge in [0.15, 0.2) is 0 Å². The Morgan fingerprint density at radius 3 is 2.24 bits per heavy atom. The zero-order valence-corrected chi connectivity index (χ0v) is 20.3. The minimum Gasteiger partial charge on any atom is -0.497 e. The molecule has 0 saturated carbocycles. The van der Waals surface area contributed by atoms with E-state index in [2.05, 4.69) is 5.32 Å². The van der Waals surface area contributed by atoms with Crippen LogP contribution in [0.4, 0.5) is 0 Å². The number of amides is 2. The molecule has 0 aliphatic heterocycles. The highest BCUT2D eigenvalue weighted by molar-refractivity contribution is 5.82. The van der Waals surface area contributed by atoms with E-state index in [1.165, 1.54) is 0 Å². The molecule has 0 bridgehead atoms. The van der Waals surface area contributed by atoms with Crippen LogP contribution in [0.15, 0.2) is 48.5 Å². The van der Waals surface area contributed by atoms with Gasteiger partial charge in [0.25, 0.3) is 0 Å². The van der Waals surface area contributed by atoms with Gasteiger partial charge >= 0.3 is 0 Å². The molecule has 1 unspecified atom stereocenters. The first-order valence-electron chi connectivity index (χ1n) is 11.4. The van der Waals surface area contributed by atoms with Crippen molar-refractivity contribution in [3.8, 4) is 5.75 Å². The number of imidazole rings is 1. The second-order valence-corrected chi connectivity index (χ2v) is 8.85. The summed E-state index contributed by atoms with van der Waals surface area (Å²) in [5.41, 5.74) is 2.58. The van der Waals surface area contributed by atoms with Gasteiger partial charge in [-0.05, 0) is 64.4 Å². The molecule has 1 atom stereocenters. The minimum atomic E-state index is -0.359. The summed E-state index contributed by atoms with van der Waals surface area (Å²) in [5, 5.41) is 3.04. The number of rotatable bonds is 9. The van der Waals surface area contributed by atoms with Gasteiger partial charge in [-0.25, -0.2) is 4.98 Å². The van der Waals surface area contributed by atoms with Crippen LogP contribution in [0.2, 0.25) is 0 Å². The summed E-state index contributed by atoms with van der Waals surface area (Å²) in [6.45, 7) is 10.2. The van der Waals surface area contributed by atoms with Gasteiger partial charge in [0.05, 0.1) is 30.6 Å². The lowest BCUT2D eigenvalue weighted by atomic mass is 10.1. The van der Waals surface area contributed by atoms with E-state index < -0.39 is 0 Å². The van der Waals surface area contributed by atoms with Crippen LogP contribution in [0, 0.1) is 0 Å². The maximum atomic E-state index is 13.2. The molecule has 33 heavy (non-hydrogen) atoms. The van der Waals surface area contributed by atoms with E-state index in [1.54, 1.807) is 7.11 Å². The molecule has 0 aliphatic carbocycles. The Morgan fingerprint density at radius 1 is 1.00 bits per heavy atom. The molecule has 0 fully saturated rings. The van der Waals surface area contributed by atoms with Gasteiger partial charge in [0.1, 0.15) is 18.1 Å². The Hall–Kier alpha value is -3.35. The first-order valence-corrected chi connectivity index (χ1v) is 11.4. The maximum absolute atomic E-state index is 13.2. The molecular weight excluding hydrogens is 416 g/mol. The Morgan fingerprint density at radius 2 is 1.64 bits per heavy atom. The van der Waals surface area contributed by atoms with Gasteiger partial charge in [0.2, 0.25) is 11.8 Å². The number of methoxy groups -OCH3 is 1. The Labute approximate surface area is 195 Å². The lowest BCUT2D eigenvalue weighted by molar-refractivity contribution is -0.135. The number of nitrogens with one attached hydrogen (secondary N) is 1. The predicted molar refractivity (Wildman–Crippen MR) is 130 cm³/mol. The molecule has 1 heterocycles. The van der Waals surface area contributed by atoms with E-state index >= 15 is 0 Å². The van der Waals surface area contributed by atoms with Crippen molar-refractivity contribution >= 4 is 22.8 Å². The van der Waals surface area contributed by atoms with Crippen molar-refractivity contribution in [3.05, 3.63) is 59.9 Å². The molecule has 176 valence electrons. The highest BCUT2D eigenvalue weighted by atomic mass is 16.5. The average molecular weight is 451 g/mol. The Balaban J connectivity index is 1.82. The molecule has 2 aromatic carbocycles. The molecule has 0 aliphatic rings. The van der Waals surface area contributed by atoms with E-state index in [0.717, 1.165) is 22.3 Å². The number of ether oxygens (including phenoxy) is 1. The molecule has 3 rings (SSSR count). The molecule has 0 radical (unpaired) electrons. The van der Waals surface area contributed by atoms with Crippen LogP contribution in [-0.4, -0.2) is 45.5 Å². The van der Waals surface area contributed by atoms with Crippen molar-refractivity contribution < 1.29 is 14.3 Å². The fourth-order valence-electron chi connectivity index (χ4n) is 4.27. The zero-order chi connectivity index (χ0) is 24.1. The molecular formula is C26H34N4O3. The van der Waals surface area contributed by atoms with Crippen molar-refractivity contribution in [2.24, 2.45) is 0 Å². The summed E-state index contributed by atoms with van der Waals surface area (Å²) in [6.07, 6.45) is 0.252. The van der Waals surface area contributed by atoms with Crippen LogP contribution in [-0.2, 0) is 22.6 Å². The molecule has 0 spiro atoms. The first-order chi connectivity index (χ1) is 15.7. The highest BCUT2D eigenvalue weighted by Crippen LogP contribution is 2.22. The SMILES string of the molecule is COc1ccc(CC(=O)NC(C)c2nc3ccccc3n2CC(=O)N(C(C)C)C(C)C)cc1. The summed E-state index contributed by atoms with van der Waals surface area (Å²) in [7, 11) is 1.61.